The van der Waals surface area contributed by atoms with Crippen molar-refractivity contribution in [2.75, 3.05) is 25.1 Å². The van der Waals surface area contributed by atoms with E-state index in [9.17, 15) is 4.79 Å². The van der Waals surface area contributed by atoms with Gasteiger partial charge in [0.25, 0.3) is 0 Å². The number of piperidine rings is 1. The van der Waals surface area contributed by atoms with Crippen molar-refractivity contribution in [3.05, 3.63) is 71.4 Å². The largest absolute Gasteiger partial charge is 0.489 e. The first kappa shape index (κ1) is 24.7. The molecule has 2 aromatic carbocycles. The third-order valence-corrected chi connectivity index (χ3v) is 6.57. The van der Waals surface area contributed by atoms with Crippen LogP contribution in [0.1, 0.15) is 55.3 Å². The second-order valence-corrected chi connectivity index (χ2v) is 9.24. The lowest BCUT2D eigenvalue weighted by atomic mass is 9.89. The van der Waals surface area contributed by atoms with Crippen molar-refractivity contribution in [2.24, 2.45) is 0 Å². The van der Waals surface area contributed by atoms with Crippen molar-refractivity contribution >= 4 is 11.9 Å². The van der Waals surface area contributed by atoms with E-state index in [2.05, 4.69) is 43.0 Å². The van der Waals surface area contributed by atoms with Gasteiger partial charge in [0.2, 0.25) is 5.95 Å². The highest BCUT2D eigenvalue weighted by Gasteiger charge is 2.30. The molecule has 2 atom stereocenters. The average Bonchev–Trinajstić information content (AvgIpc) is 2.88. The fraction of sp³-hybridized carbons (Fsp3) is 0.414. The maximum atomic E-state index is 12.8. The van der Waals surface area contributed by atoms with Gasteiger partial charge in [-0.2, -0.15) is 0 Å². The number of carbonyl (C=O) groups excluding carboxylic acids is 1. The maximum Gasteiger partial charge on any atom is 0.313 e. The summed E-state index contributed by atoms with van der Waals surface area (Å²) in [4.78, 5) is 25.0. The number of hydrogen-bond acceptors (Lipinski definition) is 6. The fourth-order valence-corrected chi connectivity index (χ4v) is 4.78. The summed E-state index contributed by atoms with van der Waals surface area (Å²) in [7, 11) is 1.45. The third-order valence-electron chi connectivity index (χ3n) is 6.57. The summed E-state index contributed by atoms with van der Waals surface area (Å²) in [6, 6.07) is 18.2. The van der Waals surface area contributed by atoms with Crippen LogP contribution in [-0.4, -0.2) is 42.2 Å². The molecule has 4 rings (SSSR count). The average molecular weight is 474 g/mol. The molecule has 2 heterocycles. The number of aromatic nitrogens is 2. The zero-order valence-corrected chi connectivity index (χ0v) is 21.2. The Morgan fingerprint density at radius 1 is 1.09 bits per heavy atom. The van der Waals surface area contributed by atoms with Crippen LogP contribution in [0.5, 0.6) is 5.75 Å². The molecule has 1 saturated heterocycles. The van der Waals surface area contributed by atoms with Gasteiger partial charge in [0, 0.05) is 23.4 Å². The molecule has 184 valence electrons. The number of methoxy groups -OCH3 is 1. The molecule has 0 saturated carbocycles. The van der Waals surface area contributed by atoms with Crippen molar-refractivity contribution in [2.45, 2.75) is 58.5 Å². The number of nitrogens with zero attached hydrogens (tertiary/aromatic N) is 3. The van der Waals surface area contributed by atoms with Crippen molar-refractivity contribution in [3.8, 4) is 17.0 Å². The molecule has 35 heavy (non-hydrogen) atoms. The van der Waals surface area contributed by atoms with Gasteiger partial charge in [0.05, 0.1) is 25.3 Å². The standard InChI is InChI=1S/C29H35N3O3/c1-5-10-25(28(33)34-4)26-21(3)30-29(31-27(26)22-16-14-20(2)15-17-22)32-18-9-13-24(19-32)35-23-11-7-6-8-12-23/h6-8,11-12,14-17,24-25H,5,9-10,13,18-19H2,1-4H3. The van der Waals surface area contributed by atoms with Gasteiger partial charge < -0.3 is 14.4 Å². The Labute approximate surface area is 208 Å². The number of para-hydroxylation sites is 1. The van der Waals surface area contributed by atoms with Crippen LogP contribution >= 0.6 is 0 Å². The van der Waals surface area contributed by atoms with Crippen LogP contribution in [0.4, 0.5) is 5.95 Å². The molecule has 0 N–H and O–H groups in total. The molecule has 0 spiro atoms. The molecule has 1 fully saturated rings. The summed E-state index contributed by atoms with van der Waals surface area (Å²) < 4.78 is 11.4. The summed E-state index contributed by atoms with van der Waals surface area (Å²) in [6.45, 7) is 7.71. The van der Waals surface area contributed by atoms with Gasteiger partial charge in [0.15, 0.2) is 0 Å². The Balaban J connectivity index is 1.72. The number of esters is 1. The van der Waals surface area contributed by atoms with E-state index < -0.39 is 5.92 Å². The first-order valence-electron chi connectivity index (χ1n) is 12.5. The topological polar surface area (TPSA) is 64.5 Å². The third kappa shape index (κ3) is 5.81. The van der Waals surface area contributed by atoms with Crippen molar-refractivity contribution in [1.82, 2.24) is 9.97 Å². The zero-order valence-electron chi connectivity index (χ0n) is 21.2. The molecule has 2 unspecified atom stereocenters. The van der Waals surface area contributed by atoms with Gasteiger partial charge in [-0.15, -0.1) is 0 Å². The van der Waals surface area contributed by atoms with Crippen LogP contribution in [0, 0.1) is 13.8 Å². The molecule has 6 nitrogen and oxygen atoms in total. The Bertz CT molecular complexity index is 1130. The Morgan fingerprint density at radius 3 is 2.51 bits per heavy atom. The van der Waals surface area contributed by atoms with E-state index in [0.29, 0.717) is 12.4 Å². The highest BCUT2D eigenvalue weighted by molar-refractivity contribution is 5.82. The lowest BCUT2D eigenvalue weighted by molar-refractivity contribution is -0.142. The normalized spacial score (nSPS) is 16.6. The van der Waals surface area contributed by atoms with E-state index in [-0.39, 0.29) is 12.1 Å². The lowest BCUT2D eigenvalue weighted by Crippen LogP contribution is -2.42. The summed E-state index contributed by atoms with van der Waals surface area (Å²) in [5, 5.41) is 0. The highest BCUT2D eigenvalue weighted by atomic mass is 16.5. The molecule has 6 heteroatoms. The quantitative estimate of drug-likeness (QED) is 0.382. The first-order chi connectivity index (χ1) is 17.0. The molecule has 1 aromatic heterocycles. The van der Waals surface area contributed by atoms with Crippen LogP contribution < -0.4 is 9.64 Å². The molecule has 0 aliphatic carbocycles. The van der Waals surface area contributed by atoms with E-state index >= 15 is 0 Å². The monoisotopic (exact) mass is 473 g/mol. The number of hydrogen-bond donors (Lipinski definition) is 0. The van der Waals surface area contributed by atoms with Gasteiger partial charge in [-0.05, 0) is 45.2 Å². The second-order valence-electron chi connectivity index (χ2n) is 9.24. The smallest absolute Gasteiger partial charge is 0.313 e. The number of carbonyl (C=O) groups is 1. The van der Waals surface area contributed by atoms with Gasteiger partial charge in [-0.3, -0.25) is 4.79 Å². The van der Waals surface area contributed by atoms with Crippen molar-refractivity contribution in [3.63, 3.8) is 0 Å². The predicted octanol–water partition coefficient (Wildman–Crippen LogP) is 5.86. The summed E-state index contributed by atoms with van der Waals surface area (Å²) in [5.74, 6) is 0.927. The Morgan fingerprint density at radius 2 is 1.83 bits per heavy atom. The zero-order chi connectivity index (χ0) is 24.8. The minimum Gasteiger partial charge on any atom is -0.489 e. The molecular formula is C29H35N3O3. The SMILES string of the molecule is CCCC(C(=O)OC)c1c(C)nc(N2CCCC(Oc3ccccc3)C2)nc1-c1ccc(C)cc1. The van der Waals surface area contributed by atoms with Crippen LogP contribution in [-0.2, 0) is 9.53 Å². The van der Waals surface area contributed by atoms with Crippen LogP contribution in [0.25, 0.3) is 11.3 Å². The second kappa shape index (κ2) is 11.3. The molecule has 0 bridgehead atoms. The van der Waals surface area contributed by atoms with Crippen LogP contribution in [0.3, 0.4) is 0 Å². The molecular weight excluding hydrogens is 438 g/mol. The van der Waals surface area contributed by atoms with E-state index in [1.54, 1.807) is 0 Å². The maximum absolute atomic E-state index is 12.8. The summed E-state index contributed by atoms with van der Waals surface area (Å²) >= 11 is 0. The Kier molecular flexibility index (Phi) is 8.01. The molecule has 3 aromatic rings. The summed E-state index contributed by atoms with van der Waals surface area (Å²) in [6.07, 6.45) is 3.61. The number of benzene rings is 2. The van der Waals surface area contributed by atoms with E-state index in [4.69, 9.17) is 19.4 Å². The summed E-state index contributed by atoms with van der Waals surface area (Å²) in [5.41, 5.74) is 4.65. The van der Waals surface area contributed by atoms with Crippen molar-refractivity contribution in [1.29, 1.82) is 0 Å². The molecule has 1 aliphatic heterocycles. The van der Waals surface area contributed by atoms with Crippen LogP contribution in [0.15, 0.2) is 54.6 Å². The van der Waals surface area contributed by atoms with Crippen LogP contribution in [0.2, 0.25) is 0 Å². The lowest BCUT2D eigenvalue weighted by Gasteiger charge is -2.33. The fourth-order valence-electron chi connectivity index (χ4n) is 4.78. The first-order valence-corrected chi connectivity index (χ1v) is 12.5. The van der Waals surface area contributed by atoms with Gasteiger partial charge in [-0.1, -0.05) is 61.4 Å². The minimum absolute atomic E-state index is 0.0699. The predicted molar refractivity (Wildman–Crippen MR) is 139 cm³/mol. The van der Waals surface area contributed by atoms with Gasteiger partial charge >= 0.3 is 5.97 Å². The van der Waals surface area contributed by atoms with Gasteiger partial charge in [-0.25, -0.2) is 9.97 Å². The van der Waals surface area contributed by atoms with Gasteiger partial charge in [0.1, 0.15) is 11.9 Å². The van der Waals surface area contributed by atoms with Crippen molar-refractivity contribution < 1.29 is 14.3 Å². The van der Waals surface area contributed by atoms with E-state index in [0.717, 1.165) is 60.6 Å². The number of anilines is 1. The number of rotatable bonds is 8. The number of aryl methyl sites for hydroxylation is 2. The Hall–Kier alpha value is -3.41. The number of ether oxygens (including phenoxy) is 2. The van der Waals surface area contributed by atoms with E-state index in [1.807, 2.05) is 37.3 Å². The highest BCUT2D eigenvalue weighted by Crippen LogP contribution is 2.35. The molecule has 0 amide bonds. The molecule has 1 aliphatic rings. The van der Waals surface area contributed by atoms with E-state index in [1.165, 1.54) is 12.7 Å². The molecule has 0 radical (unpaired) electrons. The minimum atomic E-state index is -0.397.